The average Bonchev–Trinajstić information content (AvgIpc) is 2.33. The summed E-state index contributed by atoms with van der Waals surface area (Å²) in [6.07, 6.45) is 2.66. The number of allylic oxidation sites excluding steroid dienone is 1. The summed E-state index contributed by atoms with van der Waals surface area (Å²) in [4.78, 5) is 0. The van der Waals surface area contributed by atoms with E-state index in [4.69, 9.17) is 4.43 Å². The van der Waals surface area contributed by atoms with Crippen molar-refractivity contribution in [1.82, 2.24) is 0 Å². The first-order valence-corrected chi connectivity index (χ1v) is 9.38. The minimum atomic E-state index is -1.60. The van der Waals surface area contributed by atoms with E-state index in [0.29, 0.717) is 11.1 Å². The molecule has 0 spiro atoms. The van der Waals surface area contributed by atoms with Crippen molar-refractivity contribution in [3.63, 3.8) is 0 Å². The summed E-state index contributed by atoms with van der Waals surface area (Å²) in [5.74, 6) is 0. The number of hydrogen-bond donors (Lipinski definition) is 0. The number of halogens is 1. The molecule has 1 atom stereocenters. The summed E-state index contributed by atoms with van der Waals surface area (Å²) in [6.45, 7) is 13.7. The van der Waals surface area contributed by atoms with Crippen molar-refractivity contribution >= 4 is 24.2 Å². The smallest absolute Gasteiger partial charge is 0.192 e. The van der Waals surface area contributed by atoms with Crippen LogP contribution in [0, 0.1) is 0 Å². The van der Waals surface area contributed by atoms with Crippen LogP contribution in [-0.2, 0) is 4.43 Å². The maximum atomic E-state index is 6.40. The molecule has 0 radical (unpaired) electrons. The van der Waals surface area contributed by atoms with E-state index in [0.717, 1.165) is 12.8 Å². The minimum Gasteiger partial charge on any atom is -0.410 e. The van der Waals surface area contributed by atoms with Crippen LogP contribution in [0.15, 0.2) is 10.1 Å². The van der Waals surface area contributed by atoms with Crippen LogP contribution in [0.4, 0.5) is 0 Å². The number of hydrogen-bond acceptors (Lipinski definition) is 1. The van der Waals surface area contributed by atoms with Gasteiger partial charge in [-0.05, 0) is 48.0 Å². The van der Waals surface area contributed by atoms with Crippen LogP contribution in [0.5, 0.6) is 0 Å². The molecular formula is C12H23BrOSi. The predicted molar refractivity (Wildman–Crippen MR) is 72.9 cm³/mol. The quantitative estimate of drug-likeness (QED) is 0.661. The predicted octanol–water partition coefficient (Wildman–Crippen LogP) is 4.84. The van der Waals surface area contributed by atoms with Crippen molar-refractivity contribution in [3.8, 4) is 0 Å². The molecule has 0 N–H and O–H groups in total. The Kier molecular flexibility index (Phi) is 3.90. The third kappa shape index (κ3) is 2.95. The SMILES string of the molecule is CC1=C(Br)CCC1O[Si](C)(C)C(C)(C)C. The molecule has 1 nitrogen and oxygen atoms in total. The van der Waals surface area contributed by atoms with E-state index in [-0.39, 0.29) is 0 Å². The third-order valence-electron chi connectivity index (χ3n) is 3.78. The minimum absolute atomic E-state index is 0.308. The Labute approximate surface area is 104 Å². The fourth-order valence-electron chi connectivity index (χ4n) is 1.53. The lowest BCUT2D eigenvalue weighted by atomic mass is 10.2. The van der Waals surface area contributed by atoms with E-state index in [1.165, 1.54) is 10.1 Å². The zero-order chi connectivity index (χ0) is 11.9. The fraction of sp³-hybridized carbons (Fsp3) is 0.833. The highest BCUT2D eigenvalue weighted by molar-refractivity contribution is 9.11. The van der Waals surface area contributed by atoms with E-state index in [1.54, 1.807) is 0 Å². The summed E-state index contributed by atoms with van der Waals surface area (Å²) in [5.41, 5.74) is 1.40. The molecule has 1 rings (SSSR count). The van der Waals surface area contributed by atoms with Crippen molar-refractivity contribution in [2.75, 3.05) is 0 Å². The molecule has 1 aliphatic carbocycles. The van der Waals surface area contributed by atoms with Crippen LogP contribution in [0.25, 0.3) is 0 Å². The Bertz CT molecular complexity index is 276. The highest BCUT2D eigenvalue weighted by Gasteiger charge is 2.40. The molecule has 0 saturated heterocycles. The summed E-state index contributed by atoms with van der Waals surface area (Å²) < 4.78 is 7.75. The van der Waals surface area contributed by atoms with Gasteiger partial charge in [0, 0.05) is 0 Å². The largest absolute Gasteiger partial charge is 0.410 e. The molecule has 0 aromatic rings. The first-order valence-electron chi connectivity index (χ1n) is 5.68. The van der Waals surface area contributed by atoms with Crippen LogP contribution in [-0.4, -0.2) is 14.4 Å². The Balaban J connectivity index is 2.72. The molecule has 0 fully saturated rings. The molecule has 0 heterocycles. The average molecular weight is 291 g/mol. The summed E-state index contributed by atoms with van der Waals surface area (Å²) in [7, 11) is -1.60. The lowest BCUT2D eigenvalue weighted by molar-refractivity contribution is 0.214. The second-order valence-electron chi connectivity index (χ2n) is 5.99. The molecule has 0 aromatic carbocycles. The van der Waals surface area contributed by atoms with E-state index in [2.05, 4.69) is 56.7 Å². The van der Waals surface area contributed by atoms with E-state index >= 15 is 0 Å². The van der Waals surface area contributed by atoms with Crippen LogP contribution >= 0.6 is 15.9 Å². The van der Waals surface area contributed by atoms with Crippen molar-refractivity contribution in [2.45, 2.75) is 64.8 Å². The Morgan fingerprint density at radius 1 is 1.33 bits per heavy atom. The van der Waals surface area contributed by atoms with E-state index in [1.807, 2.05) is 0 Å². The van der Waals surface area contributed by atoms with Crippen molar-refractivity contribution in [2.24, 2.45) is 0 Å². The van der Waals surface area contributed by atoms with Gasteiger partial charge in [-0.15, -0.1) is 0 Å². The zero-order valence-electron chi connectivity index (χ0n) is 10.8. The van der Waals surface area contributed by atoms with Crippen LogP contribution < -0.4 is 0 Å². The second kappa shape index (κ2) is 4.34. The van der Waals surface area contributed by atoms with Crippen LogP contribution in [0.3, 0.4) is 0 Å². The standard InChI is InChI=1S/C12H23BrOSi/c1-9-10(13)7-8-11(9)14-15(5,6)12(2,3)4/h11H,7-8H2,1-6H3. The van der Waals surface area contributed by atoms with Gasteiger partial charge in [0.1, 0.15) is 0 Å². The van der Waals surface area contributed by atoms with E-state index in [9.17, 15) is 0 Å². The van der Waals surface area contributed by atoms with E-state index < -0.39 is 8.32 Å². The maximum absolute atomic E-state index is 6.40. The Morgan fingerprint density at radius 3 is 2.20 bits per heavy atom. The topological polar surface area (TPSA) is 9.23 Å². The summed E-state index contributed by atoms with van der Waals surface area (Å²) in [5, 5.41) is 0.308. The van der Waals surface area contributed by atoms with Crippen molar-refractivity contribution in [3.05, 3.63) is 10.1 Å². The molecule has 0 bridgehead atoms. The van der Waals surface area contributed by atoms with Gasteiger partial charge in [0.2, 0.25) is 0 Å². The summed E-state index contributed by atoms with van der Waals surface area (Å²) >= 11 is 3.62. The number of rotatable bonds is 2. The summed E-state index contributed by atoms with van der Waals surface area (Å²) in [6, 6.07) is 0. The molecule has 15 heavy (non-hydrogen) atoms. The zero-order valence-corrected chi connectivity index (χ0v) is 13.4. The van der Waals surface area contributed by atoms with Gasteiger partial charge in [0.15, 0.2) is 8.32 Å². The molecule has 0 amide bonds. The highest BCUT2D eigenvalue weighted by Crippen LogP contribution is 2.41. The molecule has 0 aliphatic heterocycles. The van der Waals surface area contributed by atoms with Crippen molar-refractivity contribution in [1.29, 1.82) is 0 Å². The van der Waals surface area contributed by atoms with Gasteiger partial charge in [-0.3, -0.25) is 0 Å². The molecule has 0 aromatic heterocycles. The normalized spacial score (nSPS) is 23.8. The molecule has 0 saturated carbocycles. The van der Waals surface area contributed by atoms with Gasteiger partial charge in [-0.1, -0.05) is 36.7 Å². The van der Waals surface area contributed by atoms with Gasteiger partial charge < -0.3 is 4.43 Å². The van der Waals surface area contributed by atoms with Gasteiger partial charge in [0.05, 0.1) is 6.10 Å². The first kappa shape index (κ1) is 13.5. The molecule has 1 aliphatic rings. The van der Waals surface area contributed by atoms with Crippen LogP contribution in [0.2, 0.25) is 18.1 Å². The van der Waals surface area contributed by atoms with Gasteiger partial charge in [0.25, 0.3) is 0 Å². The highest BCUT2D eigenvalue weighted by atomic mass is 79.9. The Hall–Kier alpha value is 0.397. The molecule has 88 valence electrons. The molecule has 1 unspecified atom stereocenters. The first-order chi connectivity index (χ1) is 6.65. The Morgan fingerprint density at radius 2 is 1.87 bits per heavy atom. The van der Waals surface area contributed by atoms with Gasteiger partial charge in [-0.2, -0.15) is 0 Å². The third-order valence-corrected chi connectivity index (χ3v) is 9.29. The van der Waals surface area contributed by atoms with Crippen molar-refractivity contribution < 1.29 is 4.43 Å². The van der Waals surface area contributed by atoms with Gasteiger partial charge >= 0.3 is 0 Å². The van der Waals surface area contributed by atoms with Crippen LogP contribution in [0.1, 0.15) is 40.5 Å². The van der Waals surface area contributed by atoms with Gasteiger partial charge in [-0.25, -0.2) is 0 Å². The molecule has 3 heteroatoms. The monoisotopic (exact) mass is 290 g/mol. The lowest BCUT2D eigenvalue weighted by Crippen LogP contribution is -2.43. The molecular weight excluding hydrogens is 268 g/mol. The lowest BCUT2D eigenvalue weighted by Gasteiger charge is -2.38. The second-order valence-corrected chi connectivity index (χ2v) is 11.7. The fourth-order valence-corrected chi connectivity index (χ4v) is 3.37. The maximum Gasteiger partial charge on any atom is 0.192 e.